The Balaban J connectivity index is 1.36. The van der Waals surface area contributed by atoms with Crippen molar-refractivity contribution in [1.82, 2.24) is 14.8 Å². The number of hydrogen-bond acceptors (Lipinski definition) is 5. The van der Waals surface area contributed by atoms with Crippen molar-refractivity contribution in [2.45, 2.75) is 78.2 Å². The molecule has 1 aliphatic carbocycles. The zero-order chi connectivity index (χ0) is 30.6. The van der Waals surface area contributed by atoms with Gasteiger partial charge in [0.25, 0.3) is 5.91 Å². The number of piperazine rings is 1. The molecule has 1 saturated carbocycles. The summed E-state index contributed by atoms with van der Waals surface area (Å²) in [5.41, 5.74) is 1.73. The molecule has 2 aromatic heterocycles. The maximum Gasteiger partial charge on any atom is 0.309 e. The molecule has 2 amide bonds. The van der Waals surface area contributed by atoms with Crippen LogP contribution in [0.4, 0.5) is 4.39 Å². The first kappa shape index (κ1) is 29.7. The van der Waals surface area contributed by atoms with Gasteiger partial charge in [0.05, 0.1) is 16.6 Å². The van der Waals surface area contributed by atoms with Crippen molar-refractivity contribution in [3.8, 4) is 11.3 Å². The molecule has 2 aliphatic rings. The Bertz CT molecular complexity index is 1530. The summed E-state index contributed by atoms with van der Waals surface area (Å²) in [7, 11) is 0. The van der Waals surface area contributed by atoms with Gasteiger partial charge in [-0.2, -0.15) is 0 Å². The molecule has 9 heteroatoms. The zero-order valence-corrected chi connectivity index (χ0v) is 25.3. The van der Waals surface area contributed by atoms with Crippen LogP contribution in [0, 0.1) is 17.2 Å². The summed E-state index contributed by atoms with van der Waals surface area (Å²) in [6.07, 6.45) is 2.09. The van der Waals surface area contributed by atoms with Crippen molar-refractivity contribution in [2.24, 2.45) is 11.3 Å². The fraction of sp³-hybridized carbons (Fsp3) is 0.515. The number of aliphatic carboxylic acids is 1. The number of hydrogen-bond donors (Lipinski definition) is 1. The first-order valence-electron chi connectivity index (χ1n) is 14.6. The minimum absolute atomic E-state index is 0.0405. The van der Waals surface area contributed by atoms with Crippen molar-refractivity contribution in [3.05, 3.63) is 53.5 Å². The van der Waals surface area contributed by atoms with Gasteiger partial charge in [0.15, 0.2) is 11.3 Å². The number of aromatic nitrogens is 1. The number of benzene rings is 1. The molecule has 1 saturated heterocycles. The number of amides is 2. The molecule has 1 aromatic carbocycles. The zero-order valence-electron chi connectivity index (χ0n) is 25.3. The van der Waals surface area contributed by atoms with E-state index >= 15 is 0 Å². The van der Waals surface area contributed by atoms with Crippen molar-refractivity contribution in [1.29, 1.82) is 0 Å². The SMILES string of the molecule is CC1(C(=O)O)CCC(C(=O)N2CCN(C(=O)c3cc4nc(-c5ccc(F)cc5)cc(C(C)(C)C)c4o3)C(C)(C)C2)CC1. The Morgan fingerprint density at radius 3 is 2.24 bits per heavy atom. The van der Waals surface area contributed by atoms with Crippen molar-refractivity contribution < 1.29 is 28.3 Å². The molecule has 8 nitrogen and oxygen atoms in total. The van der Waals surface area contributed by atoms with E-state index in [0.29, 0.717) is 62.1 Å². The second kappa shape index (κ2) is 10.5. The Kier molecular flexibility index (Phi) is 7.44. The van der Waals surface area contributed by atoms with Crippen LogP contribution in [0.3, 0.4) is 0 Å². The molecule has 3 aromatic rings. The van der Waals surface area contributed by atoms with Crippen LogP contribution in [-0.2, 0) is 15.0 Å². The maximum absolute atomic E-state index is 13.9. The third-order valence-electron chi connectivity index (χ3n) is 9.05. The summed E-state index contributed by atoms with van der Waals surface area (Å²) in [4.78, 5) is 47.2. The molecule has 42 heavy (non-hydrogen) atoms. The molecule has 0 radical (unpaired) electrons. The summed E-state index contributed by atoms with van der Waals surface area (Å²) in [6, 6.07) is 9.78. The second-order valence-corrected chi connectivity index (χ2v) is 13.8. The van der Waals surface area contributed by atoms with Crippen molar-refractivity contribution >= 4 is 28.9 Å². The number of pyridine rings is 1. The minimum atomic E-state index is -0.802. The lowest BCUT2D eigenvalue weighted by Crippen LogP contribution is -2.62. The summed E-state index contributed by atoms with van der Waals surface area (Å²) in [6.45, 7) is 13.0. The Morgan fingerprint density at radius 1 is 1.02 bits per heavy atom. The Morgan fingerprint density at radius 2 is 1.67 bits per heavy atom. The average molecular weight is 578 g/mol. The maximum atomic E-state index is 13.9. The average Bonchev–Trinajstić information content (AvgIpc) is 3.36. The summed E-state index contributed by atoms with van der Waals surface area (Å²) in [5, 5.41) is 9.53. The molecule has 0 spiro atoms. The van der Waals surface area contributed by atoms with E-state index in [9.17, 15) is 23.9 Å². The number of nitrogens with zero attached hydrogens (tertiary/aromatic N) is 3. The van der Waals surface area contributed by atoms with Crippen LogP contribution in [-0.4, -0.2) is 62.8 Å². The van der Waals surface area contributed by atoms with Gasteiger partial charge >= 0.3 is 5.97 Å². The van der Waals surface area contributed by atoms with Gasteiger partial charge < -0.3 is 19.3 Å². The molecule has 224 valence electrons. The molecule has 3 heterocycles. The highest BCUT2D eigenvalue weighted by Gasteiger charge is 2.44. The highest BCUT2D eigenvalue weighted by Crippen LogP contribution is 2.40. The van der Waals surface area contributed by atoms with E-state index < -0.39 is 16.9 Å². The van der Waals surface area contributed by atoms with E-state index in [1.54, 1.807) is 30.0 Å². The van der Waals surface area contributed by atoms with Crippen molar-refractivity contribution in [2.75, 3.05) is 19.6 Å². The number of furan rings is 1. The smallest absolute Gasteiger partial charge is 0.309 e. The molecular weight excluding hydrogens is 537 g/mol. The first-order chi connectivity index (χ1) is 19.6. The number of carbonyl (C=O) groups is 3. The number of halogens is 1. The standard InChI is InChI=1S/C33H40FN3O5/c1-31(2,3)23-17-24(20-7-9-22(34)10-8-20)35-25-18-26(42-27(23)25)29(39)37-16-15-36(19-32(37,4)5)28(38)21-11-13-33(6,14-12-21)30(40)41/h7-10,17-18,21H,11-16,19H2,1-6H3,(H,40,41). The van der Waals surface area contributed by atoms with E-state index in [1.807, 2.05) is 24.8 Å². The third kappa shape index (κ3) is 5.53. The van der Waals surface area contributed by atoms with Gasteiger partial charge in [0.1, 0.15) is 11.3 Å². The van der Waals surface area contributed by atoms with E-state index in [-0.39, 0.29) is 34.7 Å². The van der Waals surface area contributed by atoms with Crippen LogP contribution in [0.2, 0.25) is 0 Å². The molecule has 5 rings (SSSR count). The largest absolute Gasteiger partial charge is 0.481 e. The van der Waals surface area contributed by atoms with Gasteiger partial charge in [-0.1, -0.05) is 20.8 Å². The van der Waals surface area contributed by atoms with Crippen LogP contribution >= 0.6 is 0 Å². The van der Waals surface area contributed by atoms with Crippen molar-refractivity contribution in [3.63, 3.8) is 0 Å². The predicted molar refractivity (Wildman–Crippen MR) is 157 cm³/mol. The molecule has 0 bridgehead atoms. The normalized spacial score (nSPS) is 22.8. The lowest BCUT2D eigenvalue weighted by molar-refractivity contribution is -0.153. The van der Waals surface area contributed by atoms with E-state index in [0.717, 1.165) is 11.1 Å². The van der Waals surface area contributed by atoms with Gasteiger partial charge in [-0.15, -0.1) is 0 Å². The highest BCUT2D eigenvalue weighted by molar-refractivity contribution is 5.97. The summed E-state index contributed by atoms with van der Waals surface area (Å²) in [5.74, 6) is -1.35. The van der Waals surface area contributed by atoms with Crippen LogP contribution in [0.25, 0.3) is 22.4 Å². The molecule has 0 atom stereocenters. The van der Waals surface area contributed by atoms with Gasteiger partial charge in [-0.25, -0.2) is 9.37 Å². The van der Waals surface area contributed by atoms with E-state index in [2.05, 4.69) is 20.8 Å². The van der Waals surface area contributed by atoms with Crippen LogP contribution in [0.15, 0.2) is 40.8 Å². The fourth-order valence-electron chi connectivity index (χ4n) is 6.28. The van der Waals surface area contributed by atoms with Crippen LogP contribution < -0.4 is 0 Å². The van der Waals surface area contributed by atoms with E-state index in [4.69, 9.17) is 9.40 Å². The number of carboxylic acid groups (broad SMARTS) is 1. The van der Waals surface area contributed by atoms with Crippen LogP contribution in [0.5, 0.6) is 0 Å². The fourth-order valence-corrected chi connectivity index (χ4v) is 6.28. The Hall–Kier alpha value is -3.75. The number of rotatable bonds is 4. The molecule has 1 N–H and O–H groups in total. The number of fused-ring (bicyclic) bond motifs is 1. The quantitative estimate of drug-likeness (QED) is 0.392. The third-order valence-corrected chi connectivity index (χ3v) is 9.05. The second-order valence-electron chi connectivity index (χ2n) is 13.8. The summed E-state index contributed by atoms with van der Waals surface area (Å²) >= 11 is 0. The van der Waals surface area contributed by atoms with Gasteiger partial charge in [0.2, 0.25) is 5.91 Å². The minimum Gasteiger partial charge on any atom is -0.481 e. The predicted octanol–water partition coefficient (Wildman–Crippen LogP) is 6.28. The van der Waals surface area contributed by atoms with Crippen LogP contribution in [0.1, 0.15) is 83.3 Å². The molecular formula is C33H40FN3O5. The monoisotopic (exact) mass is 577 g/mol. The van der Waals surface area contributed by atoms with Gasteiger partial charge in [0, 0.05) is 42.7 Å². The Labute approximate surface area is 245 Å². The molecule has 0 unspecified atom stereocenters. The number of carbonyl (C=O) groups excluding carboxylic acids is 2. The van der Waals surface area contributed by atoms with E-state index in [1.165, 1.54) is 12.1 Å². The molecule has 1 aliphatic heterocycles. The summed E-state index contributed by atoms with van der Waals surface area (Å²) < 4.78 is 19.8. The first-order valence-corrected chi connectivity index (χ1v) is 14.6. The highest BCUT2D eigenvalue weighted by atomic mass is 19.1. The molecule has 2 fully saturated rings. The van der Waals surface area contributed by atoms with Gasteiger partial charge in [-0.05, 0) is 82.2 Å². The number of carboxylic acids is 1. The van der Waals surface area contributed by atoms with Gasteiger partial charge in [-0.3, -0.25) is 14.4 Å². The lowest BCUT2D eigenvalue weighted by atomic mass is 9.71. The topological polar surface area (TPSA) is 104 Å². The lowest BCUT2D eigenvalue weighted by Gasteiger charge is -2.48.